The van der Waals surface area contributed by atoms with Gasteiger partial charge in [0.1, 0.15) is 0 Å². The molecule has 1 N–H and O–H groups in total. The third-order valence-corrected chi connectivity index (χ3v) is 1.09. The van der Waals surface area contributed by atoms with Crippen molar-refractivity contribution >= 4 is 24.8 Å². The van der Waals surface area contributed by atoms with E-state index in [9.17, 15) is 19.2 Å². The van der Waals surface area contributed by atoms with E-state index < -0.39 is 18.4 Å². The van der Waals surface area contributed by atoms with E-state index in [4.69, 9.17) is 0 Å². The molecule has 0 fully saturated rings. The molecule has 1 radical (unpaired) electrons. The van der Waals surface area contributed by atoms with Gasteiger partial charge in [0.2, 0.25) is 0 Å². The number of hydrogen-bond acceptors (Lipinski definition) is 6. The number of amides is 2. The van der Waals surface area contributed by atoms with Crippen LogP contribution in [0.3, 0.4) is 0 Å². The molecule has 0 heterocycles. The Morgan fingerprint density at radius 3 is 2.47 bits per heavy atom. The third-order valence-electron chi connectivity index (χ3n) is 1.09. The summed E-state index contributed by atoms with van der Waals surface area (Å²) in [5.74, 6) is -1.39. The Hall–Kier alpha value is -2.12. The van der Waals surface area contributed by atoms with Crippen molar-refractivity contribution < 1.29 is 28.7 Å². The molecule has 2 amide bonds. The van der Waals surface area contributed by atoms with Gasteiger partial charge in [0.15, 0.2) is 6.61 Å². The van der Waals surface area contributed by atoms with Gasteiger partial charge in [0, 0.05) is 0 Å². The van der Waals surface area contributed by atoms with E-state index >= 15 is 0 Å². The first-order valence-corrected chi connectivity index (χ1v) is 3.83. The van der Waals surface area contributed by atoms with Gasteiger partial charge >= 0.3 is 0 Å². The number of nitrogens with zero attached hydrogens (tertiary/aromatic N) is 1. The van der Waals surface area contributed by atoms with Crippen molar-refractivity contribution in [1.29, 1.82) is 0 Å². The molecular weight excluding hydrogens is 208 g/mol. The van der Waals surface area contributed by atoms with Gasteiger partial charge in [-0.25, -0.2) is 5.43 Å². The molecule has 0 atom stereocenters. The molecule has 0 aliphatic carbocycles. The SMILES string of the molecule is O=COCCC(=O)[N]NC(=O)COC=O. The minimum Gasteiger partial charge on any atom is -0.467 e. The van der Waals surface area contributed by atoms with E-state index in [-0.39, 0.29) is 26.0 Å². The minimum atomic E-state index is -0.730. The fraction of sp³-hybridized carbons (Fsp3) is 0.429. The van der Waals surface area contributed by atoms with Crippen molar-refractivity contribution in [3.8, 4) is 0 Å². The lowest BCUT2D eigenvalue weighted by atomic mass is 10.4. The summed E-state index contributed by atoms with van der Waals surface area (Å²) < 4.78 is 8.32. The molecular formula is C7H9N2O6. The Kier molecular flexibility index (Phi) is 7.28. The second-order valence-corrected chi connectivity index (χ2v) is 2.16. The van der Waals surface area contributed by atoms with E-state index in [2.05, 4.69) is 14.9 Å². The average Bonchev–Trinajstić information content (AvgIpc) is 2.24. The second-order valence-electron chi connectivity index (χ2n) is 2.16. The maximum atomic E-state index is 10.8. The normalized spacial score (nSPS) is 8.53. The molecule has 0 saturated heterocycles. The fourth-order valence-corrected chi connectivity index (χ4v) is 0.517. The second kappa shape index (κ2) is 8.48. The maximum absolute atomic E-state index is 10.8. The Bertz CT molecular complexity index is 242. The lowest BCUT2D eigenvalue weighted by Gasteiger charge is -2.02. The van der Waals surface area contributed by atoms with Crippen molar-refractivity contribution in [3.05, 3.63) is 0 Å². The predicted octanol–water partition coefficient (Wildman–Crippen LogP) is -2.12. The molecule has 0 bridgehead atoms. The first-order chi connectivity index (χ1) is 7.20. The van der Waals surface area contributed by atoms with E-state index in [1.165, 1.54) is 0 Å². The predicted molar refractivity (Wildman–Crippen MR) is 43.9 cm³/mol. The largest absolute Gasteiger partial charge is 0.467 e. The lowest BCUT2D eigenvalue weighted by molar-refractivity contribution is -0.139. The molecule has 8 nitrogen and oxygen atoms in total. The van der Waals surface area contributed by atoms with Gasteiger partial charge in [-0.1, -0.05) is 0 Å². The van der Waals surface area contributed by atoms with Crippen LogP contribution in [0.25, 0.3) is 0 Å². The number of carbonyl (C=O) groups is 4. The van der Waals surface area contributed by atoms with Crippen LogP contribution < -0.4 is 10.9 Å². The average molecular weight is 217 g/mol. The summed E-state index contributed by atoms with van der Waals surface area (Å²) in [6.07, 6.45) is -0.131. The molecule has 15 heavy (non-hydrogen) atoms. The van der Waals surface area contributed by atoms with Crippen molar-refractivity contribution in [2.24, 2.45) is 0 Å². The van der Waals surface area contributed by atoms with Gasteiger partial charge < -0.3 is 9.47 Å². The molecule has 83 valence electrons. The minimum absolute atomic E-state index is 0.0966. The Balaban J connectivity index is 3.48. The first-order valence-electron chi connectivity index (χ1n) is 3.83. The van der Waals surface area contributed by atoms with Gasteiger partial charge in [-0.2, -0.15) is 0 Å². The third kappa shape index (κ3) is 8.22. The highest BCUT2D eigenvalue weighted by Crippen LogP contribution is 1.80. The van der Waals surface area contributed by atoms with E-state index in [0.29, 0.717) is 0 Å². The molecule has 0 aliphatic rings. The topological polar surface area (TPSA) is 113 Å². The van der Waals surface area contributed by atoms with Crippen LogP contribution in [-0.2, 0) is 28.7 Å². The quantitative estimate of drug-likeness (QED) is 0.296. The molecule has 0 aromatic rings. The molecule has 0 unspecified atom stereocenters. The van der Waals surface area contributed by atoms with E-state index in [1.807, 2.05) is 5.43 Å². The fourth-order valence-electron chi connectivity index (χ4n) is 0.517. The number of rotatable bonds is 7. The van der Waals surface area contributed by atoms with Crippen LogP contribution in [0.2, 0.25) is 0 Å². The van der Waals surface area contributed by atoms with Gasteiger partial charge in [0.05, 0.1) is 13.0 Å². The van der Waals surface area contributed by atoms with Gasteiger partial charge in [-0.05, 0) is 0 Å². The van der Waals surface area contributed by atoms with Gasteiger partial charge in [0.25, 0.3) is 24.8 Å². The van der Waals surface area contributed by atoms with Crippen LogP contribution in [0.5, 0.6) is 0 Å². The Morgan fingerprint density at radius 2 is 1.87 bits per heavy atom. The number of nitrogens with one attached hydrogen (secondary N) is 1. The summed E-state index contributed by atoms with van der Waals surface area (Å²) in [5.41, 5.74) is 4.97. The van der Waals surface area contributed by atoms with E-state index in [1.54, 1.807) is 0 Å². The zero-order chi connectivity index (χ0) is 11.5. The van der Waals surface area contributed by atoms with Crippen LogP contribution in [0.1, 0.15) is 6.42 Å². The highest BCUT2D eigenvalue weighted by molar-refractivity contribution is 5.82. The van der Waals surface area contributed by atoms with Crippen molar-refractivity contribution in [2.75, 3.05) is 13.2 Å². The lowest BCUT2D eigenvalue weighted by Crippen LogP contribution is -2.38. The molecule has 0 aromatic carbocycles. The monoisotopic (exact) mass is 217 g/mol. The van der Waals surface area contributed by atoms with Crippen molar-refractivity contribution in [2.45, 2.75) is 6.42 Å². The summed E-state index contributed by atoms with van der Waals surface area (Å²) in [6, 6.07) is 0. The molecule has 0 aliphatic heterocycles. The smallest absolute Gasteiger partial charge is 0.293 e. The van der Waals surface area contributed by atoms with Crippen LogP contribution in [-0.4, -0.2) is 38.0 Å². The summed E-state index contributed by atoms with van der Waals surface area (Å²) in [7, 11) is 0. The number of hydrogen-bond donors (Lipinski definition) is 1. The standard InChI is InChI=1S/C7H9N2O6/c10-4-14-2-1-6(12)8-9-7(13)3-15-5-11/h4-5H,1-3H2,(H,9,13). The zero-order valence-corrected chi connectivity index (χ0v) is 7.67. The zero-order valence-electron chi connectivity index (χ0n) is 7.67. The summed E-state index contributed by atoms with van der Waals surface area (Å²) in [4.78, 5) is 40.9. The summed E-state index contributed by atoms with van der Waals surface area (Å²) in [5, 5.41) is 0. The highest BCUT2D eigenvalue weighted by Gasteiger charge is 2.06. The van der Waals surface area contributed by atoms with Crippen molar-refractivity contribution in [1.82, 2.24) is 10.9 Å². The molecule has 0 aromatic heterocycles. The molecule has 0 rings (SSSR count). The maximum Gasteiger partial charge on any atom is 0.293 e. The Labute approximate surface area is 84.9 Å². The van der Waals surface area contributed by atoms with Gasteiger partial charge in [-0.15, -0.1) is 5.43 Å². The van der Waals surface area contributed by atoms with Crippen LogP contribution in [0.4, 0.5) is 0 Å². The molecule has 0 spiro atoms. The highest BCUT2D eigenvalue weighted by atomic mass is 16.5. The van der Waals surface area contributed by atoms with Crippen LogP contribution >= 0.6 is 0 Å². The van der Waals surface area contributed by atoms with Crippen LogP contribution in [0.15, 0.2) is 0 Å². The first kappa shape index (κ1) is 12.9. The number of carbonyl (C=O) groups excluding carboxylic acids is 4. The van der Waals surface area contributed by atoms with Crippen LogP contribution in [0, 0.1) is 0 Å². The Morgan fingerprint density at radius 1 is 1.20 bits per heavy atom. The molecule has 0 saturated carbocycles. The van der Waals surface area contributed by atoms with Crippen molar-refractivity contribution in [3.63, 3.8) is 0 Å². The molecule has 8 heteroatoms. The summed E-state index contributed by atoms with van der Waals surface area (Å²) >= 11 is 0. The van der Waals surface area contributed by atoms with E-state index in [0.717, 1.165) is 0 Å². The number of ether oxygens (including phenoxy) is 2. The summed E-state index contributed by atoms with van der Waals surface area (Å²) in [6.45, 7) is -0.319. The van der Waals surface area contributed by atoms with Gasteiger partial charge in [-0.3, -0.25) is 19.2 Å².